The third-order valence-electron chi connectivity index (χ3n) is 3.27. The Hall–Kier alpha value is -3.00. The molecule has 0 amide bonds. The van der Waals surface area contributed by atoms with Gasteiger partial charge in [0.15, 0.2) is 0 Å². The molecule has 1 aromatic carbocycles. The van der Waals surface area contributed by atoms with E-state index in [1.807, 2.05) is 23.1 Å². The van der Waals surface area contributed by atoms with Crippen LogP contribution in [-0.2, 0) is 13.1 Å². The minimum absolute atomic E-state index is 0.276. The summed E-state index contributed by atoms with van der Waals surface area (Å²) in [6.45, 7) is 0.905. The molecule has 0 aliphatic rings. The molecule has 0 unspecified atom stereocenters. The lowest BCUT2D eigenvalue weighted by Crippen LogP contribution is -2.22. The molecule has 0 aliphatic heterocycles. The first-order chi connectivity index (χ1) is 10.8. The molecule has 0 bridgehead atoms. The zero-order valence-electron chi connectivity index (χ0n) is 11.7. The number of nitrogens with zero attached hydrogens (tertiary/aromatic N) is 2. The lowest BCUT2D eigenvalue weighted by molar-refractivity contribution is 0.476. The van der Waals surface area contributed by atoms with Gasteiger partial charge in [0.1, 0.15) is 23.4 Å². The van der Waals surface area contributed by atoms with Crippen LogP contribution in [0.2, 0.25) is 0 Å². The van der Waals surface area contributed by atoms with Gasteiger partial charge in [0, 0.05) is 0 Å². The second kappa shape index (κ2) is 6.19. The van der Waals surface area contributed by atoms with Crippen LogP contribution >= 0.6 is 0 Å². The highest BCUT2D eigenvalue weighted by molar-refractivity contribution is 5.59. The van der Waals surface area contributed by atoms with Crippen molar-refractivity contribution in [3.8, 4) is 6.07 Å². The van der Waals surface area contributed by atoms with Crippen LogP contribution in [0.5, 0.6) is 0 Å². The number of benzene rings is 1. The molecule has 0 atom stereocenters. The van der Waals surface area contributed by atoms with Gasteiger partial charge in [-0.1, -0.05) is 0 Å². The Morgan fingerprint density at radius 1 is 1.00 bits per heavy atom. The van der Waals surface area contributed by atoms with E-state index in [0.717, 1.165) is 11.5 Å². The molecule has 4 nitrogen and oxygen atoms in total. The van der Waals surface area contributed by atoms with Crippen LogP contribution in [0.15, 0.2) is 63.8 Å². The molecule has 110 valence electrons. The number of hydrogen-bond donors (Lipinski definition) is 0. The summed E-state index contributed by atoms with van der Waals surface area (Å²) in [6, 6.07) is 13.5. The minimum Gasteiger partial charge on any atom is -0.467 e. The van der Waals surface area contributed by atoms with E-state index >= 15 is 0 Å². The van der Waals surface area contributed by atoms with Gasteiger partial charge in [-0.25, -0.2) is 4.39 Å². The Labute approximate surface area is 127 Å². The van der Waals surface area contributed by atoms with Crippen molar-refractivity contribution >= 4 is 5.69 Å². The van der Waals surface area contributed by atoms with Crippen molar-refractivity contribution in [2.24, 2.45) is 0 Å². The first-order valence-electron chi connectivity index (χ1n) is 6.75. The molecular formula is C17H13FN2O2. The van der Waals surface area contributed by atoms with Gasteiger partial charge in [0.05, 0.1) is 36.9 Å². The van der Waals surface area contributed by atoms with E-state index in [1.165, 1.54) is 12.1 Å². The molecule has 2 heterocycles. The van der Waals surface area contributed by atoms with E-state index in [9.17, 15) is 9.65 Å². The van der Waals surface area contributed by atoms with Crippen LogP contribution < -0.4 is 4.90 Å². The van der Waals surface area contributed by atoms with E-state index < -0.39 is 5.82 Å². The van der Waals surface area contributed by atoms with Gasteiger partial charge in [-0.05, 0) is 42.5 Å². The Morgan fingerprint density at radius 2 is 1.64 bits per heavy atom. The topological polar surface area (TPSA) is 53.3 Å². The zero-order chi connectivity index (χ0) is 15.4. The van der Waals surface area contributed by atoms with Crippen molar-refractivity contribution in [2.75, 3.05) is 4.90 Å². The van der Waals surface area contributed by atoms with Crippen LogP contribution in [0.3, 0.4) is 0 Å². The highest BCUT2D eigenvalue weighted by Crippen LogP contribution is 2.25. The number of halogens is 1. The lowest BCUT2D eigenvalue weighted by atomic mass is 10.1. The maximum atomic E-state index is 13.3. The van der Waals surface area contributed by atoms with E-state index in [-0.39, 0.29) is 5.56 Å². The number of hydrogen-bond acceptors (Lipinski definition) is 4. The summed E-state index contributed by atoms with van der Waals surface area (Å²) in [6.07, 6.45) is 3.19. The molecule has 0 fully saturated rings. The van der Waals surface area contributed by atoms with Crippen molar-refractivity contribution in [2.45, 2.75) is 13.1 Å². The van der Waals surface area contributed by atoms with E-state index in [2.05, 4.69) is 0 Å². The van der Waals surface area contributed by atoms with Crippen molar-refractivity contribution in [3.05, 3.63) is 77.9 Å². The Balaban J connectivity index is 1.95. The molecule has 3 rings (SSSR count). The normalized spacial score (nSPS) is 10.4. The van der Waals surface area contributed by atoms with Crippen LogP contribution in [0.1, 0.15) is 17.1 Å². The molecule has 5 heteroatoms. The molecular weight excluding hydrogens is 283 g/mol. The van der Waals surface area contributed by atoms with Gasteiger partial charge in [-0.15, -0.1) is 0 Å². The van der Waals surface area contributed by atoms with Gasteiger partial charge in [0.25, 0.3) is 0 Å². The van der Waals surface area contributed by atoms with E-state index in [1.54, 1.807) is 30.7 Å². The highest BCUT2D eigenvalue weighted by Gasteiger charge is 2.15. The molecule has 3 aromatic rings. The molecule has 0 radical (unpaired) electrons. The fourth-order valence-corrected chi connectivity index (χ4v) is 2.28. The third kappa shape index (κ3) is 3.01. The Bertz CT molecular complexity index is 737. The number of nitriles is 1. The standard InChI is InChI=1S/C17H13FN2O2/c18-14-5-6-17(13(9-14)10-19)20(11-15-3-1-7-21-15)12-16-4-2-8-22-16/h1-9H,11-12H2. The fourth-order valence-electron chi connectivity index (χ4n) is 2.28. The Kier molecular flexibility index (Phi) is 3.92. The molecule has 0 spiro atoms. The Morgan fingerprint density at radius 3 is 2.14 bits per heavy atom. The summed E-state index contributed by atoms with van der Waals surface area (Å²) in [7, 11) is 0. The molecule has 0 saturated heterocycles. The molecule has 0 aliphatic carbocycles. The molecule has 0 N–H and O–H groups in total. The van der Waals surface area contributed by atoms with Crippen LogP contribution in [0.25, 0.3) is 0 Å². The minimum atomic E-state index is -0.434. The maximum absolute atomic E-state index is 13.3. The van der Waals surface area contributed by atoms with Crippen LogP contribution in [0, 0.1) is 17.1 Å². The second-order valence-electron chi connectivity index (χ2n) is 4.79. The quantitative estimate of drug-likeness (QED) is 0.711. The van der Waals surface area contributed by atoms with Crippen LogP contribution in [-0.4, -0.2) is 0 Å². The highest BCUT2D eigenvalue weighted by atomic mass is 19.1. The zero-order valence-corrected chi connectivity index (χ0v) is 11.7. The first kappa shape index (κ1) is 14.0. The van der Waals surface area contributed by atoms with Gasteiger partial charge in [-0.2, -0.15) is 5.26 Å². The summed E-state index contributed by atoms with van der Waals surface area (Å²) in [5, 5.41) is 9.25. The molecule has 22 heavy (non-hydrogen) atoms. The summed E-state index contributed by atoms with van der Waals surface area (Å²) in [5.74, 6) is 1.07. The van der Waals surface area contributed by atoms with Crippen molar-refractivity contribution in [1.82, 2.24) is 0 Å². The summed E-state index contributed by atoms with van der Waals surface area (Å²) in [5.41, 5.74) is 0.912. The van der Waals surface area contributed by atoms with Gasteiger partial charge >= 0.3 is 0 Å². The average Bonchev–Trinajstić information content (AvgIpc) is 3.20. The summed E-state index contributed by atoms with van der Waals surface area (Å²) >= 11 is 0. The van der Waals surface area contributed by atoms with Crippen LogP contribution in [0.4, 0.5) is 10.1 Å². The average molecular weight is 296 g/mol. The van der Waals surface area contributed by atoms with Gasteiger partial charge in [0.2, 0.25) is 0 Å². The smallest absolute Gasteiger partial charge is 0.124 e. The van der Waals surface area contributed by atoms with Crippen molar-refractivity contribution in [3.63, 3.8) is 0 Å². The van der Waals surface area contributed by atoms with Crippen molar-refractivity contribution < 1.29 is 13.2 Å². The summed E-state index contributed by atoms with van der Waals surface area (Å²) in [4.78, 5) is 1.91. The van der Waals surface area contributed by atoms with Gasteiger partial charge in [-0.3, -0.25) is 0 Å². The predicted molar refractivity (Wildman–Crippen MR) is 78.4 cm³/mol. The monoisotopic (exact) mass is 296 g/mol. The maximum Gasteiger partial charge on any atom is 0.124 e. The third-order valence-corrected chi connectivity index (χ3v) is 3.27. The van der Waals surface area contributed by atoms with Crippen molar-refractivity contribution in [1.29, 1.82) is 5.26 Å². The van der Waals surface area contributed by atoms with E-state index in [0.29, 0.717) is 18.8 Å². The van der Waals surface area contributed by atoms with E-state index in [4.69, 9.17) is 8.83 Å². The number of rotatable bonds is 5. The first-order valence-corrected chi connectivity index (χ1v) is 6.75. The molecule has 2 aromatic heterocycles. The SMILES string of the molecule is N#Cc1cc(F)ccc1N(Cc1ccco1)Cc1ccco1. The predicted octanol–water partition coefficient (Wildman–Crippen LogP) is 4.09. The second-order valence-corrected chi connectivity index (χ2v) is 4.79. The summed E-state index contributed by atoms with van der Waals surface area (Å²) < 4.78 is 24.1. The number of furan rings is 2. The molecule has 0 saturated carbocycles. The largest absolute Gasteiger partial charge is 0.467 e. The number of anilines is 1. The van der Waals surface area contributed by atoms with Gasteiger partial charge < -0.3 is 13.7 Å². The fraction of sp³-hybridized carbons (Fsp3) is 0.118. The lowest BCUT2D eigenvalue weighted by Gasteiger charge is -2.23.